The molecular weight excluding hydrogens is 320 g/mol. The highest BCUT2D eigenvalue weighted by atomic mass is 79.9. The van der Waals surface area contributed by atoms with Crippen molar-refractivity contribution in [1.29, 1.82) is 0 Å². The number of nitrogens with zero attached hydrogens (tertiary/aromatic N) is 3. The molecule has 0 aromatic carbocycles. The highest BCUT2D eigenvalue weighted by Crippen LogP contribution is 2.35. The zero-order valence-electron chi connectivity index (χ0n) is 10.2. The molecule has 0 spiro atoms. The van der Waals surface area contributed by atoms with Crippen LogP contribution in [0.1, 0.15) is 13.3 Å². The number of anilines is 1. The summed E-state index contributed by atoms with van der Waals surface area (Å²) >= 11 is 9.21. The van der Waals surface area contributed by atoms with E-state index < -0.39 is 0 Å². The van der Waals surface area contributed by atoms with Crippen LogP contribution < -0.4 is 10.2 Å². The van der Waals surface area contributed by atoms with Crippen LogP contribution >= 0.6 is 27.5 Å². The lowest BCUT2D eigenvalue weighted by atomic mass is 9.89. The Labute approximate surface area is 119 Å². The van der Waals surface area contributed by atoms with E-state index in [2.05, 4.69) is 31.2 Å². The molecule has 1 unspecified atom stereocenters. The number of aromatic nitrogens is 2. The van der Waals surface area contributed by atoms with Crippen molar-refractivity contribution in [2.24, 2.45) is 5.41 Å². The summed E-state index contributed by atoms with van der Waals surface area (Å²) in [6.45, 7) is 3.36. The van der Waals surface area contributed by atoms with E-state index in [0.29, 0.717) is 6.54 Å². The normalized spacial score (nSPS) is 23.2. The summed E-state index contributed by atoms with van der Waals surface area (Å²) in [4.78, 5) is 22.0. The molecule has 1 aliphatic rings. The fraction of sp³-hybridized carbons (Fsp3) is 0.545. The van der Waals surface area contributed by atoms with Crippen molar-refractivity contribution in [3.05, 3.63) is 16.0 Å². The van der Waals surface area contributed by atoms with Gasteiger partial charge in [0, 0.05) is 26.3 Å². The molecule has 1 amide bonds. The van der Waals surface area contributed by atoms with Crippen LogP contribution in [0, 0.1) is 5.41 Å². The van der Waals surface area contributed by atoms with Crippen molar-refractivity contribution in [1.82, 2.24) is 15.3 Å². The first kappa shape index (κ1) is 13.5. The van der Waals surface area contributed by atoms with E-state index in [-0.39, 0.29) is 16.6 Å². The van der Waals surface area contributed by atoms with E-state index in [9.17, 15) is 4.79 Å². The Balaban J connectivity index is 2.23. The van der Waals surface area contributed by atoms with Crippen LogP contribution in [0.3, 0.4) is 0 Å². The van der Waals surface area contributed by atoms with Gasteiger partial charge >= 0.3 is 0 Å². The zero-order valence-corrected chi connectivity index (χ0v) is 12.5. The largest absolute Gasteiger partial charge is 0.359 e. The summed E-state index contributed by atoms with van der Waals surface area (Å²) in [7, 11) is 1.66. The van der Waals surface area contributed by atoms with Gasteiger partial charge in [0.15, 0.2) is 0 Å². The second-order valence-corrected chi connectivity index (χ2v) is 5.81. The summed E-state index contributed by atoms with van der Waals surface area (Å²) < 4.78 is 0.785. The predicted molar refractivity (Wildman–Crippen MR) is 73.7 cm³/mol. The number of amides is 1. The molecule has 1 atom stereocenters. The van der Waals surface area contributed by atoms with Gasteiger partial charge in [0.1, 0.15) is 5.82 Å². The maximum Gasteiger partial charge on any atom is 0.227 e. The molecule has 1 aromatic heterocycles. The topological polar surface area (TPSA) is 58.1 Å². The molecule has 0 aliphatic carbocycles. The Morgan fingerprint density at radius 1 is 1.67 bits per heavy atom. The third kappa shape index (κ3) is 2.44. The molecule has 0 bridgehead atoms. The summed E-state index contributed by atoms with van der Waals surface area (Å²) in [6.07, 6.45) is 2.42. The second-order valence-electron chi connectivity index (χ2n) is 4.62. The smallest absolute Gasteiger partial charge is 0.227 e. The molecule has 2 rings (SSSR count). The summed E-state index contributed by atoms with van der Waals surface area (Å²) in [5.74, 6) is 0.795. The third-order valence-electron chi connectivity index (χ3n) is 3.24. The lowest BCUT2D eigenvalue weighted by molar-refractivity contribution is -0.128. The first-order chi connectivity index (χ1) is 8.46. The van der Waals surface area contributed by atoms with E-state index in [4.69, 9.17) is 11.6 Å². The molecule has 0 saturated carbocycles. The van der Waals surface area contributed by atoms with Crippen LogP contribution in [0.5, 0.6) is 0 Å². The number of hydrogen-bond acceptors (Lipinski definition) is 4. The maximum atomic E-state index is 11.9. The number of carbonyl (C=O) groups is 1. The van der Waals surface area contributed by atoms with E-state index in [1.807, 2.05) is 11.8 Å². The molecule has 1 fully saturated rings. The van der Waals surface area contributed by atoms with E-state index >= 15 is 0 Å². The van der Waals surface area contributed by atoms with E-state index in [1.54, 1.807) is 13.2 Å². The van der Waals surface area contributed by atoms with Gasteiger partial charge in [-0.2, -0.15) is 4.98 Å². The van der Waals surface area contributed by atoms with E-state index in [0.717, 1.165) is 23.3 Å². The highest BCUT2D eigenvalue weighted by Gasteiger charge is 2.40. The lowest BCUT2D eigenvalue weighted by Gasteiger charge is -2.23. The Morgan fingerprint density at radius 2 is 2.39 bits per heavy atom. The molecule has 18 heavy (non-hydrogen) atoms. The number of carbonyl (C=O) groups excluding carboxylic acids is 1. The minimum atomic E-state index is -0.383. The van der Waals surface area contributed by atoms with Crippen molar-refractivity contribution in [3.63, 3.8) is 0 Å². The maximum absolute atomic E-state index is 11.9. The van der Waals surface area contributed by atoms with Gasteiger partial charge in [0.25, 0.3) is 0 Å². The van der Waals surface area contributed by atoms with Crippen LogP contribution in [0.2, 0.25) is 5.28 Å². The molecular formula is C11H14BrClN4O. The first-order valence-corrected chi connectivity index (χ1v) is 6.78. The summed E-state index contributed by atoms with van der Waals surface area (Å²) in [5, 5.41) is 2.92. The molecule has 1 aromatic rings. The predicted octanol–water partition coefficient (Wildman–Crippen LogP) is 1.85. The molecule has 7 heteroatoms. The van der Waals surface area contributed by atoms with Gasteiger partial charge in [0.2, 0.25) is 11.2 Å². The third-order valence-corrected chi connectivity index (χ3v) is 3.99. The quantitative estimate of drug-likeness (QED) is 0.839. The highest BCUT2D eigenvalue weighted by molar-refractivity contribution is 9.10. The van der Waals surface area contributed by atoms with Crippen LogP contribution in [-0.2, 0) is 4.79 Å². The monoisotopic (exact) mass is 332 g/mol. The Morgan fingerprint density at radius 3 is 3.06 bits per heavy atom. The molecule has 5 nitrogen and oxygen atoms in total. The van der Waals surface area contributed by atoms with Crippen molar-refractivity contribution in [3.8, 4) is 0 Å². The van der Waals surface area contributed by atoms with Gasteiger partial charge in [-0.15, -0.1) is 0 Å². The molecule has 1 aliphatic heterocycles. The van der Waals surface area contributed by atoms with Gasteiger partial charge in [-0.05, 0) is 40.9 Å². The van der Waals surface area contributed by atoms with Crippen LogP contribution in [-0.4, -0.2) is 36.0 Å². The average molecular weight is 334 g/mol. The lowest BCUT2D eigenvalue weighted by Crippen LogP contribution is -2.39. The number of hydrogen-bond donors (Lipinski definition) is 1. The Hall–Kier alpha value is -0.880. The minimum Gasteiger partial charge on any atom is -0.359 e. The molecule has 2 heterocycles. The average Bonchev–Trinajstić information content (AvgIpc) is 2.75. The van der Waals surface area contributed by atoms with Gasteiger partial charge in [-0.25, -0.2) is 4.98 Å². The number of rotatable bonds is 2. The Bertz CT molecular complexity index is 484. The van der Waals surface area contributed by atoms with Crippen LogP contribution in [0.25, 0.3) is 0 Å². The number of halogens is 2. The molecule has 1 saturated heterocycles. The van der Waals surface area contributed by atoms with Crippen molar-refractivity contribution < 1.29 is 4.79 Å². The zero-order chi connectivity index (χ0) is 13.3. The van der Waals surface area contributed by atoms with Gasteiger partial charge < -0.3 is 10.2 Å². The van der Waals surface area contributed by atoms with Gasteiger partial charge in [-0.1, -0.05) is 0 Å². The molecule has 98 valence electrons. The van der Waals surface area contributed by atoms with Gasteiger partial charge in [0.05, 0.1) is 9.89 Å². The van der Waals surface area contributed by atoms with Crippen molar-refractivity contribution in [2.75, 3.05) is 25.0 Å². The van der Waals surface area contributed by atoms with Crippen molar-refractivity contribution in [2.45, 2.75) is 13.3 Å². The fourth-order valence-electron chi connectivity index (χ4n) is 2.19. The first-order valence-electron chi connectivity index (χ1n) is 5.61. The standard InChI is InChI=1S/C11H14BrClN4O/c1-11(9(18)14-2)3-4-17(6-11)8-7(12)5-15-10(13)16-8/h5H,3-4,6H2,1-2H3,(H,14,18). The Kier molecular flexibility index (Phi) is 3.77. The van der Waals surface area contributed by atoms with Crippen molar-refractivity contribution >= 4 is 39.3 Å². The summed E-state index contributed by atoms with van der Waals surface area (Å²) in [5.41, 5.74) is -0.383. The van der Waals surface area contributed by atoms with E-state index in [1.165, 1.54) is 0 Å². The minimum absolute atomic E-state index is 0.0567. The molecule has 0 radical (unpaired) electrons. The SMILES string of the molecule is CNC(=O)C1(C)CCN(c2nc(Cl)ncc2Br)C1. The van der Waals surface area contributed by atoms with Crippen LogP contribution in [0.15, 0.2) is 10.7 Å². The van der Waals surface area contributed by atoms with Gasteiger partial charge in [-0.3, -0.25) is 4.79 Å². The number of nitrogens with one attached hydrogen (secondary N) is 1. The second kappa shape index (κ2) is 5.01. The summed E-state index contributed by atoms with van der Waals surface area (Å²) in [6, 6.07) is 0. The molecule has 1 N–H and O–H groups in total. The fourth-order valence-corrected chi connectivity index (χ4v) is 2.76. The van der Waals surface area contributed by atoms with Crippen LogP contribution in [0.4, 0.5) is 5.82 Å².